The molecule has 0 heterocycles. The summed E-state index contributed by atoms with van der Waals surface area (Å²) in [6, 6.07) is -1.27. The fourth-order valence-electron chi connectivity index (χ4n) is 1.42. The highest BCUT2D eigenvalue weighted by Crippen LogP contribution is 2.27. The van der Waals surface area contributed by atoms with E-state index >= 15 is 0 Å². The lowest BCUT2D eigenvalue weighted by atomic mass is 9.89. The summed E-state index contributed by atoms with van der Waals surface area (Å²) in [4.78, 5) is 41.8. The number of nitrogens with two attached hydrogens (primary N) is 1. The third-order valence-corrected chi connectivity index (χ3v) is 2.30. The van der Waals surface area contributed by atoms with E-state index in [0.717, 1.165) is 18.2 Å². The van der Waals surface area contributed by atoms with Crippen molar-refractivity contribution in [2.75, 3.05) is 0 Å². The second kappa shape index (κ2) is 4.61. The Morgan fingerprint density at radius 3 is 2.44 bits per heavy atom. The molecule has 1 aliphatic carbocycles. The largest absolute Gasteiger partial charge is 0.351 e. The molecule has 0 aromatic carbocycles. The zero-order valence-corrected chi connectivity index (χ0v) is 8.86. The van der Waals surface area contributed by atoms with Crippen molar-refractivity contribution in [2.45, 2.75) is 12.0 Å². The maximum atomic E-state index is 11.6. The van der Waals surface area contributed by atoms with Crippen LogP contribution in [0.15, 0.2) is 23.9 Å². The van der Waals surface area contributed by atoms with Crippen molar-refractivity contribution >= 4 is 11.9 Å². The van der Waals surface area contributed by atoms with Gasteiger partial charge in [0, 0.05) is 17.1 Å². The SMILES string of the molecule is NC(=O)NC(=O)C1([N+](=O)[O-])C=CC=C([N+](=O)[O-])C1. The van der Waals surface area contributed by atoms with Crippen molar-refractivity contribution in [3.63, 3.8) is 0 Å². The lowest BCUT2D eigenvalue weighted by Gasteiger charge is -2.20. The van der Waals surface area contributed by atoms with E-state index in [1.54, 1.807) is 5.32 Å². The highest BCUT2D eigenvalue weighted by molar-refractivity contribution is 5.99. The van der Waals surface area contributed by atoms with E-state index < -0.39 is 39.4 Å². The first-order chi connectivity index (χ1) is 8.29. The van der Waals surface area contributed by atoms with E-state index in [-0.39, 0.29) is 0 Å². The molecule has 1 aliphatic rings. The zero-order chi connectivity index (χ0) is 13.9. The summed E-state index contributed by atoms with van der Waals surface area (Å²) in [6.45, 7) is 0. The topological polar surface area (TPSA) is 158 Å². The molecule has 18 heavy (non-hydrogen) atoms. The summed E-state index contributed by atoms with van der Waals surface area (Å²) in [7, 11) is 0. The van der Waals surface area contributed by atoms with Gasteiger partial charge in [-0.15, -0.1) is 0 Å². The highest BCUT2D eigenvalue weighted by atomic mass is 16.6. The van der Waals surface area contributed by atoms with Crippen molar-refractivity contribution in [1.29, 1.82) is 0 Å². The van der Waals surface area contributed by atoms with Crippen LogP contribution in [0.1, 0.15) is 6.42 Å². The summed E-state index contributed by atoms with van der Waals surface area (Å²) in [5.41, 5.74) is 1.79. The molecule has 0 spiro atoms. The number of carbonyl (C=O) groups excluding carboxylic acids is 2. The molecule has 3 N–H and O–H groups in total. The minimum Gasteiger partial charge on any atom is -0.351 e. The van der Waals surface area contributed by atoms with Crippen LogP contribution in [-0.4, -0.2) is 27.3 Å². The molecule has 10 heteroatoms. The van der Waals surface area contributed by atoms with Crippen LogP contribution in [0.5, 0.6) is 0 Å². The van der Waals surface area contributed by atoms with Crippen LogP contribution in [0.3, 0.4) is 0 Å². The zero-order valence-electron chi connectivity index (χ0n) is 8.86. The van der Waals surface area contributed by atoms with Gasteiger partial charge in [0.2, 0.25) is 0 Å². The number of imide groups is 1. The number of hydrogen-bond acceptors (Lipinski definition) is 6. The molecule has 0 saturated carbocycles. The highest BCUT2D eigenvalue weighted by Gasteiger charge is 2.53. The van der Waals surface area contributed by atoms with Gasteiger partial charge < -0.3 is 5.73 Å². The summed E-state index contributed by atoms with van der Waals surface area (Å²) in [5.74, 6) is -1.32. The Morgan fingerprint density at radius 2 is 2.00 bits per heavy atom. The number of urea groups is 1. The van der Waals surface area contributed by atoms with E-state index in [0.29, 0.717) is 0 Å². The molecule has 1 unspecified atom stereocenters. The molecule has 10 nitrogen and oxygen atoms in total. The van der Waals surface area contributed by atoms with Gasteiger partial charge in [-0.25, -0.2) is 4.79 Å². The first-order valence-corrected chi connectivity index (χ1v) is 4.58. The third kappa shape index (κ3) is 2.31. The number of rotatable bonds is 3. The number of nitrogens with zero attached hydrogens (tertiary/aromatic N) is 2. The van der Waals surface area contributed by atoms with Crippen molar-refractivity contribution in [1.82, 2.24) is 5.32 Å². The number of nitro groups is 2. The number of amides is 3. The Labute approximate surface area is 99.4 Å². The van der Waals surface area contributed by atoms with Gasteiger partial charge in [0.05, 0.1) is 4.92 Å². The third-order valence-electron chi connectivity index (χ3n) is 2.30. The smallest absolute Gasteiger partial charge is 0.327 e. The maximum absolute atomic E-state index is 11.6. The minimum absolute atomic E-state index is 0.506. The fourth-order valence-corrected chi connectivity index (χ4v) is 1.42. The second-order valence-corrected chi connectivity index (χ2v) is 3.45. The Hall–Kier alpha value is -2.78. The van der Waals surface area contributed by atoms with Crippen LogP contribution in [0.4, 0.5) is 4.79 Å². The lowest BCUT2D eigenvalue weighted by molar-refractivity contribution is -0.545. The van der Waals surface area contributed by atoms with Gasteiger partial charge in [0.15, 0.2) is 0 Å². The molecule has 96 valence electrons. The minimum atomic E-state index is -2.40. The standard InChI is InChI=1S/C8H8N4O6/c9-7(14)10-6(13)8(12(17)18)3-1-2-5(4-8)11(15)16/h1-3H,4H2,(H3,9,10,13,14). The molecular formula is C8H8N4O6. The predicted molar refractivity (Wildman–Crippen MR) is 56.3 cm³/mol. The van der Waals surface area contributed by atoms with E-state index in [2.05, 4.69) is 5.73 Å². The van der Waals surface area contributed by atoms with Crippen LogP contribution >= 0.6 is 0 Å². The number of nitrogens with one attached hydrogen (secondary N) is 1. The van der Waals surface area contributed by atoms with Gasteiger partial charge in [-0.2, -0.15) is 0 Å². The first-order valence-electron chi connectivity index (χ1n) is 4.58. The Bertz CT molecular complexity index is 496. The van der Waals surface area contributed by atoms with Crippen molar-refractivity contribution in [3.8, 4) is 0 Å². The van der Waals surface area contributed by atoms with E-state index in [1.807, 2.05) is 0 Å². The molecule has 0 bridgehead atoms. The summed E-state index contributed by atoms with van der Waals surface area (Å²) in [5, 5.41) is 23.1. The number of carbonyl (C=O) groups is 2. The van der Waals surface area contributed by atoms with E-state index in [1.165, 1.54) is 0 Å². The van der Waals surface area contributed by atoms with Gasteiger partial charge in [0.25, 0.3) is 5.70 Å². The van der Waals surface area contributed by atoms with E-state index in [4.69, 9.17) is 0 Å². The number of hydrogen-bond donors (Lipinski definition) is 2. The molecule has 3 amide bonds. The van der Waals surface area contributed by atoms with Gasteiger partial charge in [-0.1, -0.05) is 6.08 Å². The quantitative estimate of drug-likeness (QED) is 0.502. The number of primary amides is 1. The van der Waals surface area contributed by atoms with Crippen LogP contribution in [0.25, 0.3) is 0 Å². The first kappa shape index (κ1) is 13.3. The normalized spacial score (nSPS) is 21.9. The summed E-state index contributed by atoms with van der Waals surface area (Å²) in [6.07, 6.45) is 2.17. The molecular weight excluding hydrogens is 248 g/mol. The molecule has 1 rings (SSSR count). The Balaban J connectivity index is 3.13. The van der Waals surface area contributed by atoms with Crippen LogP contribution < -0.4 is 11.1 Å². The van der Waals surface area contributed by atoms with Gasteiger partial charge >= 0.3 is 17.5 Å². The summed E-state index contributed by atoms with van der Waals surface area (Å²) < 4.78 is 0. The molecule has 1 atom stereocenters. The average molecular weight is 256 g/mol. The fraction of sp³-hybridized carbons (Fsp3) is 0.250. The van der Waals surface area contributed by atoms with Gasteiger partial charge in [-0.05, 0) is 0 Å². The van der Waals surface area contributed by atoms with Crippen molar-refractivity contribution < 1.29 is 19.4 Å². The molecule has 0 aromatic rings. The van der Waals surface area contributed by atoms with Crippen molar-refractivity contribution in [2.24, 2.45) is 5.73 Å². The summed E-state index contributed by atoms with van der Waals surface area (Å²) >= 11 is 0. The monoisotopic (exact) mass is 256 g/mol. The Kier molecular flexibility index (Phi) is 3.40. The van der Waals surface area contributed by atoms with Crippen LogP contribution in [0, 0.1) is 20.2 Å². The molecule has 0 aromatic heterocycles. The van der Waals surface area contributed by atoms with Crippen molar-refractivity contribution in [3.05, 3.63) is 44.2 Å². The van der Waals surface area contributed by atoms with E-state index in [9.17, 15) is 29.8 Å². The van der Waals surface area contributed by atoms with Gasteiger partial charge in [-0.3, -0.25) is 30.3 Å². The average Bonchev–Trinajstić information content (AvgIpc) is 2.27. The number of allylic oxidation sites excluding steroid dienone is 2. The lowest BCUT2D eigenvalue weighted by Crippen LogP contribution is -2.54. The van der Waals surface area contributed by atoms with Gasteiger partial charge in [0.1, 0.15) is 6.42 Å². The Morgan fingerprint density at radius 1 is 1.39 bits per heavy atom. The predicted octanol–water partition coefficient (Wildman–Crippen LogP) is -0.683. The second-order valence-electron chi connectivity index (χ2n) is 3.45. The molecule has 0 saturated heterocycles. The molecule has 0 radical (unpaired) electrons. The molecule has 0 aliphatic heterocycles. The van der Waals surface area contributed by atoms with Crippen LogP contribution in [0.2, 0.25) is 0 Å². The van der Waals surface area contributed by atoms with Crippen LogP contribution in [-0.2, 0) is 4.79 Å². The molecule has 0 fully saturated rings. The maximum Gasteiger partial charge on any atom is 0.327 e.